The molecule has 0 fully saturated rings. The van der Waals surface area contributed by atoms with Gasteiger partial charge in [-0.3, -0.25) is 14.6 Å². The Morgan fingerprint density at radius 1 is 1.15 bits per heavy atom. The number of nitrogens with one attached hydrogen (secondary N) is 3. The third-order valence-electron chi connectivity index (χ3n) is 5.31. The van der Waals surface area contributed by atoms with Gasteiger partial charge in [-0.25, -0.2) is 0 Å². The molecule has 0 aliphatic rings. The Morgan fingerprint density at radius 2 is 1.82 bits per heavy atom. The molecule has 0 aliphatic heterocycles. The maximum Gasteiger partial charge on any atom is 0.475 e. The van der Waals surface area contributed by atoms with Gasteiger partial charge in [-0.2, -0.15) is 0 Å². The van der Waals surface area contributed by atoms with Crippen molar-refractivity contribution in [1.29, 1.82) is 0 Å². The minimum atomic E-state index is -1.69. The summed E-state index contributed by atoms with van der Waals surface area (Å²) in [6, 6.07) is 6.87. The number of aryl methyl sites for hydroxylation is 1. The first-order valence-electron chi connectivity index (χ1n) is 11.7. The monoisotopic (exact) mass is 477 g/mol. The molecule has 0 spiro atoms. The highest BCUT2D eigenvalue weighted by Gasteiger charge is 2.29. The summed E-state index contributed by atoms with van der Waals surface area (Å²) in [6.45, 7) is 4.34. The SMILES string of the molecule is CN=C(N)NCCC[C@H](NC(=O)CCCc1ccc(OC)cc1)C(=O)N[C@@H](CC(C)C)B(O)O. The smallest absolute Gasteiger partial charge is 0.475 e. The fourth-order valence-electron chi connectivity index (χ4n) is 3.43. The number of carbonyl (C=O) groups is 2. The molecule has 10 nitrogen and oxygen atoms in total. The molecule has 0 aliphatic carbocycles. The first-order valence-corrected chi connectivity index (χ1v) is 11.7. The lowest BCUT2D eigenvalue weighted by atomic mass is 9.75. The van der Waals surface area contributed by atoms with Crippen LogP contribution in [0.4, 0.5) is 0 Å². The largest absolute Gasteiger partial charge is 0.497 e. The van der Waals surface area contributed by atoms with E-state index in [1.54, 1.807) is 14.2 Å². The van der Waals surface area contributed by atoms with E-state index in [-0.39, 0.29) is 18.2 Å². The minimum absolute atomic E-state index is 0.151. The van der Waals surface area contributed by atoms with Gasteiger partial charge in [-0.1, -0.05) is 26.0 Å². The second-order valence-electron chi connectivity index (χ2n) is 8.66. The molecule has 2 amide bonds. The van der Waals surface area contributed by atoms with Crippen LogP contribution in [0, 0.1) is 5.92 Å². The first kappa shape index (κ1) is 29.2. The van der Waals surface area contributed by atoms with Gasteiger partial charge in [0.1, 0.15) is 11.8 Å². The Kier molecular flexibility index (Phi) is 13.7. The Morgan fingerprint density at radius 3 is 2.38 bits per heavy atom. The fourth-order valence-corrected chi connectivity index (χ4v) is 3.43. The van der Waals surface area contributed by atoms with Crippen molar-refractivity contribution < 1.29 is 24.4 Å². The van der Waals surface area contributed by atoms with E-state index in [9.17, 15) is 19.6 Å². The van der Waals surface area contributed by atoms with Gasteiger partial charge in [0, 0.05) is 20.0 Å². The Labute approximate surface area is 202 Å². The van der Waals surface area contributed by atoms with E-state index in [0.29, 0.717) is 38.2 Å². The average molecular weight is 477 g/mol. The number of benzene rings is 1. The van der Waals surface area contributed by atoms with Crippen LogP contribution in [-0.4, -0.2) is 67.6 Å². The van der Waals surface area contributed by atoms with E-state index < -0.39 is 25.0 Å². The number of methoxy groups -OCH3 is 1. The standard InChI is InChI=1S/C23H40BN5O5/c1-16(2)15-20(24(32)33)29-22(31)19(8-6-14-27-23(25)26-3)28-21(30)9-5-7-17-10-12-18(34-4)13-11-17/h10-13,16,19-20,32-33H,5-9,14-15H2,1-4H3,(H,28,30)(H,29,31)(H3,25,26,27)/t19-,20-/m0/s1. The van der Waals surface area contributed by atoms with Gasteiger partial charge < -0.3 is 36.5 Å². The molecule has 0 unspecified atom stereocenters. The van der Waals surface area contributed by atoms with Gasteiger partial charge in [-0.15, -0.1) is 0 Å². The summed E-state index contributed by atoms with van der Waals surface area (Å²) in [6.07, 6.45) is 2.93. The molecule has 7 N–H and O–H groups in total. The van der Waals surface area contributed by atoms with Crippen molar-refractivity contribution in [3.63, 3.8) is 0 Å². The van der Waals surface area contributed by atoms with Crippen LogP contribution in [0.5, 0.6) is 5.75 Å². The molecule has 1 rings (SSSR count). The number of nitrogens with two attached hydrogens (primary N) is 1. The van der Waals surface area contributed by atoms with Crippen LogP contribution in [0.1, 0.15) is 51.5 Å². The highest BCUT2D eigenvalue weighted by molar-refractivity contribution is 6.43. The lowest BCUT2D eigenvalue weighted by Crippen LogP contribution is -2.54. The van der Waals surface area contributed by atoms with Gasteiger partial charge >= 0.3 is 7.12 Å². The summed E-state index contributed by atoms with van der Waals surface area (Å²) in [5.74, 6) is -0.272. The number of carbonyl (C=O) groups excluding carboxylic acids is 2. The molecule has 2 atom stereocenters. The first-order chi connectivity index (χ1) is 16.2. The van der Waals surface area contributed by atoms with Gasteiger partial charge in [0.2, 0.25) is 11.8 Å². The summed E-state index contributed by atoms with van der Waals surface area (Å²) in [4.78, 5) is 29.3. The van der Waals surface area contributed by atoms with Gasteiger partial charge in [0.25, 0.3) is 0 Å². The lowest BCUT2D eigenvalue weighted by molar-refractivity contribution is -0.129. The van der Waals surface area contributed by atoms with E-state index in [2.05, 4.69) is 20.9 Å². The molecule has 34 heavy (non-hydrogen) atoms. The number of aliphatic imine (C=N–C) groups is 1. The highest BCUT2D eigenvalue weighted by atomic mass is 16.5. The van der Waals surface area contributed by atoms with Crippen molar-refractivity contribution in [3.05, 3.63) is 29.8 Å². The molecule has 1 aromatic carbocycles. The Balaban J connectivity index is 2.67. The van der Waals surface area contributed by atoms with Gasteiger partial charge in [-0.05, 0) is 55.7 Å². The van der Waals surface area contributed by atoms with Crippen LogP contribution in [0.3, 0.4) is 0 Å². The second-order valence-corrected chi connectivity index (χ2v) is 8.66. The van der Waals surface area contributed by atoms with Crippen molar-refractivity contribution in [1.82, 2.24) is 16.0 Å². The van der Waals surface area contributed by atoms with Crippen molar-refractivity contribution in [2.24, 2.45) is 16.6 Å². The van der Waals surface area contributed by atoms with E-state index in [0.717, 1.165) is 17.7 Å². The molecular weight excluding hydrogens is 437 g/mol. The molecule has 0 heterocycles. The number of guanidine groups is 1. The normalized spacial score (nSPS) is 13.2. The maximum atomic E-state index is 12.9. The minimum Gasteiger partial charge on any atom is -0.497 e. The van der Waals surface area contributed by atoms with Crippen molar-refractivity contribution >= 4 is 24.9 Å². The molecule has 0 saturated heterocycles. The summed E-state index contributed by atoms with van der Waals surface area (Å²) in [5.41, 5.74) is 6.72. The summed E-state index contributed by atoms with van der Waals surface area (Å²) in [5, 5.41) is 27.7. The number of hydrogen-bond donors (Lipinski definition) is 6. The quantitative estimate of drug-likeness (QED) is 0.0921. The number of rotatable bonds is 15. The van der Waals surface area contributed by atoms with E-state index in [1.165, 1.54) is 0 Å². The Hall–Kier alpha value is -2.79. The molecule has 1 aromatic rings. The number of hydrogen-bond acceptors (Lipinski definition) is 6. The number of ether oxygens (including phenoxy) is 1. The van der Waals surface area contributed by atoms with Crippen LogP contribution in [-0.2, 0) is 16.0 Å². The van der Waals surface area contributed by atoms with Crippen LogP contribution in [0.2, 0.25) is 0 Å². The number of amides is 2. The van der Waals surface area contributed by atoms with Gasteiger partial charge in [0.05, 0.1) is 13.1 Å². The molecule has 0 radical (unpaired) electrons. The molecule has 0 saturated carbocycles. The summed E-state index contributed by atoms with van der Waals surface area (Å²) < 4.78 is 5.15. The second kappa shape index (κ2) is 15.9. The third kappa shape index (κ3) is 11.9. The highest BCUT2D eigenvalue weighted by Crippen LogP contribution is 2.13. The molecule has 190 valence electrons. The molecule has 0 aromatic heterocycles. The van der Waals surface area contributed by atoms with Crippen molar-refractivity contribution in [2.45, 2.75) is 64.4 Å². The summed E-state index contributed by atoms with van der Waals surface area (Å²) in [7, 11) is 1.50. The van der Waals surface area contributed by atoms with Crippen LogP contribution >= 0.6 is 0 Å². The van der Waals surface area contributed by atoms with Gasteiger partial charge in [0.15, 0.2) is 5.96 Å². The predicted molar refractivity (Wildman–Crippen MR) is 134 cm³/mol. The molecule has 0 bridgehead atoms. The van der Waals surface area contributed by atoms with Crippen LogP contribution in [0.15, 0.2) is 29.3 Å². The van der Waals surface area contributed by atoms with Crippen molar-refractivity contribution in [2.75, 3.05) is 20.7 Å². The number of nitrogens with zero attached hydrogens (tertiary/aromatic N) is 1. The molecule has 11 heteroatoms. The fraction of sp³-hybridized carbons (Fsp3) is 0.609. The predicted octanol–water partition coefficient (Wildman–Crippen LogP) is 0.360. The van der Waals surface area contributed by atoms with Crippen molar-refractivity contribution in [3.8, 4) is 5.75 Å². The Bertz CT molecular complexity index is 774. The lowest BCUT2D eigenvalue weighted by Gasteiger charge is -2.24. The zero-order valence-corrected chi connectivity index (χ0v) is 20.7. The summed E-state index contributed by atoms with van der Waals surface area (Å²) >= 11 is 0. The van der Waals surface area contributed by atoms with E-state index in [1.807, 2.05) is 38.1 Å². The van der Waals surface area contributed by atoms with Crippen LogP contribution < -0.4 is 26.4 Å². The van der Waals surface area contributed by atoms with E-state index in [4.69, 9.17) is 10.5 Å². The third-order valence-corrected chi connectivity index (χ3v) is 5.31. The molecular formula is C23H40BN5O5. The topological polar surface area (TPSA) is 158 Å². The zero-order chi connectivity index (χ0) is 25.5. The maximum absolute atomic E-state index is 12.9. The average Bonchev–Trinajstić information content (AvgIpc) is 2.80. The zero-order valence-electron chi connectivity index (χ0n) is 20.7. The van der Waals surface area contributed by atoms with E-state index >= 15 is 0 Å². The van der Waals surface area contributed by atoms with Crippen LogP contribution in [0.25, 0.3) is 0 Å².